The summed E-state index contributed by atoms with van der Waals surface area (Å²) in [7, 11) is 0. The third-order valence-corrected chi connectivity index (χ3v) is 5.68. The molecule has 1 unspecified atom stereocenters. The number of rotatable bonds is 4. The molecule has 1 atom stereocenters. The summed E-state index contributed by atoms with van der Waals surface area (Å²) in [6.45, 7) is 6.53. The maximum atomic E-state index is 6.56. The molecule has 1 saturated carbocycles. The summed E-state index contributed by atoms with van der Waals surface area (Å²) in [4.78, 5) is 5.39. The monoisotopic (exact) mass is 265 g/mol. The fourth-order valence-electron chi connectivity index (χ4n) is 4.31. The van der Waals surface area contributed by atoms with Crippen LogP contribution >= 0.6 is 0 Å². The van der Waals surface area contributed by atoms with Crippen molar-refractivity contribution in [2.45, 2.75) is 69.4 Å². The summed E-state index contributed by atoms with van der Waals surface area (Å²) >= 11 is 0. The van der Waals surface area contributed by atoms with Gasteiger partial charge in [0, 0.05) is 18.1 Å². The molecule has 3 nitrogen and oxygen atoms in total. The van der Waals surface area contributed by atoms with Gasteiger partial charge in [0.05, 0.1) is 0 Å². The highest BCUT2D eigenvalue weighted by Crippen LogP contribution is 2.29. The van der Waals surface area contributed by atoms with E-state index in [1.54, 1.807) is 0 Å². The second-order valence-electron chi connectivity index (χ2n) is 7.16. The zero-order chi connectivity index (χ0) is 13.1. The molecule has 0 aromatic rings. The molecule has 19 heavy (non-hydrogen) atoms. The van der Waals surface area contributed by atoms with Gasteiger partial charge in [-0.05, 0) is 64.7 Å². The molecule has 110 valence electrons. The summed E-state index contributed by atoms with van der Waals surface area (Å²) in [5, 5.41) is 0. The van der Waals surface area contributed by atoms with E-state index in [2.05, 4.69) is 9.80 Å². The molecule has 1 aliphatic carbocycles. The van der Waals surface area contributed by atoms with E-state index in [9.17, 15) is 0 Å². The predicted molar refractivity (Wildman–Crippen MR) is 80.3 cm³/mol. The van der Waals surface area contributed by atoms with E-state index in [0.29, 0.717) is 0 Å². The van der Waals surface area contributed by atoms with Gasteiger partial charge in [-0.3, -0.25) is 4.90 Å². The Morgan fingerprint density at radius 1 is 0.947 bits per heavy atom. The average Bonchev–Trinajstić information content (AvgIpc) is 3.08. The van der Waals surface area contributed by atoms with Crippen LogP contribution < -0.4 is 5.73 Å². The highest BCUT2D eigenvalue weighted by atomic mass is 15.3. The minimum atomic E-state index is 0.171. The molecule has 2 saturated heterocycles. The molecule has 3 heteroatoms. The van der Waals surface area contributed by atoms with Gasteiger partial charge in [-0.1, -0.05) is 19.3 Å². The third kappa shape index (κ3) is 3.50. The van der Waals surface area contributed by atoms with Gasteiger partial charge in [0.25, 0.3) is 0 Å². The van der Waals surface area contributed by atoms with Crippen molar-refractivity contribution in [3.05, 3.63) is 0 Å². The maximum absolute atomic E-state index is 6.56. The Hall–Kier alpha value is -0.120. The Bertz CT molecular complexity index is 280. The lowest BCUT2D eigenvalue weighted by molar-refractivity contribution is 0.206. The number of hydrogen-bond donors (Lipinski definition) is 1. The topological polar surface area (TPSA) is 32.5 Å². The van der Waals surface area contributed by atoms with E-state index >= 15 is 0 Å². The number of nitrogens with zero attached hydrogens (tertiary/aromatic N) is 2. The summed E-state index contributed by atoms with van der Waals surface area (Å²) in [5.74, 6) is 0. The normalized spacial score (nSPS) is 33.0. The molecule has 0 radical (unpaired) electrons. The summed E-state index contributed by atoms with van der Waals surface area (Å²) < 4.78 is 0. The Kier molecular flexibility index (Phi) is 4.45. The first-order chi connectivity index (χ1) is 9.25. The Morgan fingerprint density at radius 2 is 1.68 bits per heavy atom. The van der Waals surface area contributed by atoms with Crippen LogP contribution in [0.15, 0.2) is 0 Å². The number of hydrogen-bond acceptors (Lipinski definition) is 3. The Labute approximate surface area is 118 Å². The highest BCUT2D eigenvalue weighted by molar-refractivity contribution is 4.90. The van der Waals surface area contributed by atoms with E-state index < -0.39 is 0 Å². The smallest absolute Gasteiger partial charge is 0.0235 e. The quantitative estimate of drug-likeness (QED) is 0.846. The summed E-state index contributed by atoms with van der Waals surface area (Å²) in [6, 6.07) is 0.850. The fourth-order valence-corrected chi connectivity index (χ4v) is 4.31. The highest BCUT2D eigenvalue weighted by Gasteiger charge is 2.32. The van der Waals surface area contributed by atoms with Gasteiger partial charge in [0.1, 0.15) is 0 Å². The molecule has 3 rings (SSSR count). The lowest BCUT2D eigenvalue weighted by Crippen LogP contribution is -2.44. The van der Waals surface area contributed by atoms with Crippen molar-refractivity contribution in [2.75, 3.05) is 32.7 Å². The molecule has 0 aromatic carbocycles. The van der Waals surface area contributed by atoms with Gasteiger partial charge in [0.15, 0.2) is 0 Å². The second-order valence-corrected chi connectivity index (χ2v) is 7.16. The van der Waals surface area contributed by atoms with Crippen molar-refractivity contribution in [3.63, 3.8) is 0 Å². The molecule has 2 N–H and O–H groups in total. The van der Waals surface area contributed by atoms with Crippen LogP contribution in [0.5, 0.6) is 0 Å². The second kappa shape index (κ2) is 6.11. The van der Waals surface area contributed by atoms with Crippen LogP contribution in [0, 0.1) is 0 Å². The largest absolute Gasteiger partial charge is 0.325 e. The van der Waals surface area contributed by atoms with Crippen LogP contribution in [0.25, 0.3) is 0 Å². The van der Waals surface area contributed by atoms with Gasteiger partial charge >= 0.3 is 0 Å². The standard InChI is InChI=1S/C16H31N3/c17-16(7-2-1-3-8-16)9-13-18-12-6-15(14-18)19-10-4-5-11-19/h15H,1-14,17H2. The number of likely N-dealkylation sites (tertiary alicyclic amines) is 2. The van der Waals surface area contributed by atoms with Crippen molar-refractivity contribution in [1.82, 2.24) is 9.80 Å². The first-order valence-electron chi connectivity index (χ1n) is 8.51. The van der Waals surface area contributed by atoms with Crippen LogP contribution in [-0.2, 0) is 0 Å². The fraction of sp³-hybridized carbons (Fsp3) is 1.00. The summed E-state index contributed by atoms with van der Waals surface area (Å²) in [6.07, 6.45) is 12.1. The molecule has 3 fully saturated rings. The van der Waals surface area contributed by atoms with Gasteiger partial charge in [0.2, 0.25) is 0 Å². The minimum absolute atomic E-state index is 0.171. The SMILES string of the molecule is NC1(CCN2CCC(N3CCCC3)C2)CCCCC1. The molecule has 0 aromatic heterocycles. The predicted octanol–water partition coefficient (Wildman–Crippen LogP) is 2.21. The molecule has 2 heterocycles. The molecular weight excluding hydrogens is 234 g/mol. The molecular formula is C16H31N3. The summed E-state index contributed by atoms with van der Waals surface area (Å²) in [5.41, 5.74) is 6.73. The minimum Gasteiger partial charge on any atom is -0.325 e. The van der Waals surface area contributed by atoms with Crippen molar-refractivity contribution in [3.8, 4) is 0 Å². The molecule has 0 amide bonds. The van der Waals surface area contributed by atoms with Gasteiger partial charge in [-0.2, -0.15) is 0 Å². The maximum Gasteiger partial charge on any atom is 0.0235 e. The molecule has 0 bridgehead atoms. The third-order valence-electron chi connectivity index (χ3n) is 5.68. The van der Waals surface area contributed by atoms with E-state index in [1.165, 1.54) is 90.5 Å². The first kappa shape index (κ1) is 13.8. The zero-order valence-corrected chi connectivity index (χ0v) is 12.4. The Morgan fingerprint density at radius 3 is 2.42 bits per heavy atom. The van der Waals surface area contributed by atoms with Crippen molar-refractivity contribution in [1.29, 1.82) is 0 Å². The van der Waals surface area contributed by atoms with E-state index in [4.69, 9.17) is 5.73 Å². The van der Waals surface area contributed by atoms with Gasteiger partial charge < -0.3 is 10.6 Å². The van der Waals surface area contributed by atoms with Crippen LogP contribution in [0.4, 0.5) is 0 Å². The molecule has 2 aliphatic heterocycles. The van der Waals surface area contributed by atoms with Crippen LogP contribution in [0.3, 0.4) is 0 Å². The first-order valence-corrected chi connectivity index (χ1v) is 8.51. The van der Waals surface area contributed by atoms with E-state index in [1.807, 2.05) is 0 Å². The van der Waals surface area contributed by atoms with E-state index in [0.717, 1.165) is 6.04 Å². The van der Waals surface area contributed by atoms with Crippen molar-refractivity contribution < 1.29 is 0 Å². The molecule has 0 spiro atoms. The molecule has 3 aliphatic rings. The lowest BCUT2D eigenvalue weighted by atomic mass is 9.80. The zero-order valence-electron chi connectivity index (χ0n) is 12.4. The lowest BCUT2D eigenvalue weighted by Gasteiger charge is -2.35. The van der Waals surface area contributed by atoms with Crippen LogP contribution in [0.1, 0.15) is 57.8 Å². The van der Waals surface area contributed by atoms with Crippen LogP contribution in [0.2, 0.25) is 0 Å². The van der Waals surface area contributed by atoms with Gasteiger partial charge in [-0.15, -0.1) is 0 Å². The van der Waals surface area contributed by atoms with E-state index in [-0.39, 0.29) is 5.54 Å². The van der Waals surface area contributed by atoms with Crippen molar-refractivity contribution >= 4 is 0 Å². The van der Waals surface area contributed by atoms with Crippen molar-refractivity contribution in [2.24, 2.45) is 5.73 Å². The van der Waals surface area contributed by atoms with Crippen LogP contribution in [-0.4, -0.2) is 54.1 Å². The number of nitrogens with two attached hydrogens (primary N) is 1. The van der Waals surface area contributed by atoms with Gasteiger partial charge in [-0.25, -0.2) is 0 Å². The Balaban J connectivity index is 1.41. The average molecular weight is 265 g/mol.